The Kier molecular flexibility index (Phi) is 3.44. The number of aromatic nitrogens is 1. The maximum atomic E-state index is 5.19. The lowest BCUT2D eigenvalue weighted by Gasteiger charge is -2.29. The van der Waals surface area contributed by atoms with Crippen molar-refractivity contribution in [2.24, 2.45) is 0 Å². The fraction of sp³-hybridized carbons (Fsp3) is 0.615. The van der Waals surface area contributed by atoms with Crippen molar-refractivity contribution in [3.63, 3.8) is 0 Å². The maximum absolute atomic E-state index is 5.19. The molecule has 16 heavy (non-hydrogen) atoms. The van der Waals surface area contributed by atoms with Crippen LogP contribution in [0.15, 0.2) is 12.3 Å². The average molecular weight is 220 g/mol. The summed E-state index contributed by atoms with van der Waals surface area (Å²) in [5.74, 6) is 1.42. The van der Waals surface area contributed by atoms with Crippen molar-refractivity contribution < 1.29 is 4.74 Å². The van der Waals surface area contributed by atoms with Crippen LogP contribution >= 0.6 is 0 Å². The molecule has 0 atom stereocenters. The van der Waals surface area contributed by atoms with Gasteiger partial charge in [0.15, 0.2) is 0 Å². The minimum atomic E-state index is 0.674. The van der Waals surface area contributed by atoms with Crippen LogP contribution in [0, 0.1) is 6.92 Å². The zero-order chi connectivity index (χ0) is 11.5. The molecule has 1 aliphatic rings. The molecule has 0 saturated carbocycles. The maximum Gasteiger partial charge on any atom is 0.215 e. The molecule has 0 spiro atoms. The van der Waals surface area contributed by atoms with E-state index in [1.54, 1.807) is 7.11 Å². The Morgan fingerprint density at radius 1 is 1.38 bits per heavy atom. The number of methoxy groups -OCH3 is 1. The number of nitrogens with zero attached hydrogens (tertiary/aromatic N) is 2. The fourth-order valence-corrected chi connectivity index (χ4v) is 2.36. The van der Waals surface area contributed by atoms with Gasteiger partial charge in [0.2, 0.25) is 5.88 Å². The molecule has 0 radical (unpaired) electrons. The summed E-state index contributed by atoms with van der Waals surface area (Å²) in [4.78, 5) is 6.74. The summed E-state index contributed by atoms with van der Waals surface area (Å²) in [6.07, 6.45) is 4.45. The van der Waals surface area contributed by atoms with Crippen LogP contribution in [-0.2, 0) is 0 Å². The second kappa shape index (κ2) is 4.83. The molecule has 3 heteroatoms. The molecule has 0 N–H and O–H groups in total. The van der Waals surface area contributed by atoms with Crippen molar-refractivity contribution >= 4 is 0 Å². The van der Waals surface area contributed by atoms with Gasteiger partial charge in [-0.25, -0.2) is 4.98 Å². The van der Waals surface area contributed by atoms with Gasteiger partial charge in [-0.1, -0.05) is 0 Å². The Morgan fingerprint density at radius 3 is 2.62 bits per heavy atom. The van der Waals surface area contributed by atoms with Crippen LogP contribution in [-0.4, -0.2) is 37.1 Å². The third-order valence-electron chi connectivity index (χ3n) is 3.43. The summed E-state index contributed by atoms with van der Waals surface area (Å²) in [5, 5.41) is 0. The molecule has 1 saturated heterocycles. The van der Waals surface area contributed by atoms with Gasteiger partial charge in [0, 0.05) is 11.8 Å². The highest BCUT2D eigenvalue weighted by Crippen LogP contribution is 2.29. The molecule has 1 fully saturated rings. The molecule has 2 rings (SSSR count). The van der Waals surface area contributed by atoms with Gasteiger partial charge in [0.1, 0.15) is 0 Å². The average Bonchev–Trinajstić information content (AvgIpc) is 2.30. The predicted molar refractivity (Wildman–Crippen MR) is 65.0 cm³/mol. The molecule has 0 aliphatic carbocycles. The lowest BCUT2D eigenvalue weighted by atomic mass is 9.90. The van der Waals surface area contributed by atoms with E-state index in [-0.39, 0.29) is 0 Å². The minimum absolute atomic E-state index is 0.674. The van der Waals surface area contributed by atoms with Crippen LogP contribution in [0.25, 0.3) is 0 Å². The Hall–Kier alpha value is -1.09. The van der Waals surface area contributed by atoms with Crippen molar-refractivity contribution in [2.75, 3.05) is 27.2 Å². The number of aryl methyl sites for hydroxylation is 1. The molecular weight excluding hydrogens is 200 g/mol. The lowest BCUT2D eigenvalue weighted by molar-refractivity contribution is 0.255. The van der Waals surface area contributed by atoms with Crippen molar-refractivity contribution in [3.8, 4) is 5.88 Å². The highest BCUT2D eigenvalue weighted by molar-refractivity contribution is 5.30. The van der Waals surface area contributed by atoms with E-state index in [1.165, 1.54) is 31.5 Å². The van der Waals surface area contributed by atoms with Crippen molar-refractivity contribution in [1.82, 2.24) is 9.88 Å². The van der Waals surface area contributed by atoms with Gasteiger partial charge in [-0.2, -0.15) is 0 Å². The Labute approximate surface area is 97.4 Å². The molecule has 0 amide bonds. The molecule has 1 aromatic heterocycles. The number of hydrogen-bond donors (Lipinski definition) is 0. The number of likely N-dealkylation sites (tertiary alicyclic amines) is 1. The van der Waals surface area contributed by atoms with Crippen LogP contribution < -0.4 is 4.74 Å². The van der Waals surface area contributed by atoms with E-state index in [1.807, 2.05) is 6.20 Å². The first-order chi connectivity index (χ1) is 7.70. The van der Waals surface area contributed by atoms with Crippen LogP contribution in [0.2, 0.25) is 0 Å². The highest BCUT2D eigenvalue weighted by Gasteiger charge is 2.19. The van der Waals surface area contributed by atoms with Gasteiger partial charge in [-0.05, 0) is 57.5 Å². The number of ether oxygens (including phenoxy) is 1. The summed E-state index contributed by atoms with van der Waals surface area (Å²) < 4.78 is 5.19. The lowest BCUT2D eigenvalue weighted by Crippen LogP contribution is -2.29. The molecule has 0 unspecified atom stereocenters. The van der Waals surface area contributed by atoms with E-state index >= 15 is 0 Å². The first-order valence-corrected chi connectivity index (χ1v) is 5.90. The summed E-state index contributed by atoms with van der Waals surface area (Å²) >= 11 is 0. The van der Waals surface area contributed by atoms with Crippen molar-refractivity contribution in [2.45, 2.75) is 25.7 Å². The molecule has 2 heterocycles. The minimum Gasteiger partial charge on any atom is -0.481 e. The van der Waals surface area contributed by atoms with Gasteiger partial charge < -0.3 is 9.64 Å². The van der Waals surface area contributed by atoms with E-state index < -0.39 is 0 Å². The molecule has 3 nitrogen and oxygen atoms in total. The van der Waals surface area contributed by atoms with E-state index in [0.29, 0.717) is 5.92 Å². The molecule has 1 aromatic rings. The van der Waals surface area contributed by atoms with E-state index in [2.05, 4.69) is 29.9 Å². The van der Waals surface area contributed by atoms with Crippen molar-refractivity contribution in [3.05, 3.63) is 23.4 Å². The van der Waals surface area contributed by atoms with Crippen molar-refractivity contribution in [1.29, 1.82) is 0 Å². The molecule has 88 valence electrons. The Bertz CT molecular complexity index is 357. The monoisotopic (exact) mass is 220 g/mol. The normalized spacial score (nSPS) is 18.7. The zero-order valence-corrected chi connectivity index (χ0v) is 10.4. The molecular formula is C13H20N2O. The van der Waals surface area contributed by atoms with Crippen LogP contribution in [0.3, 0.4) is 0 Å². The third kappa shape index (κ3) is 2.35. The number of piperidine rings is 1. The van der Waals surface area contributed by atoms with Crippen LogP contribution in [0.1, 0.15) is 29.9 Å². The van der Waals surface area contributed by atoms with Gasteiger partial charge >= 0.3 is 0 Å². The topological polar surface area (TPSA) is 25.4 Å². The standard InChI is InChI=1S/C13H20N2O/c1-10-8-12(9-14-13(10)16-3)11-4-6-15(2)7-5-11/h8-9,11H,4-7H2,1-3H3. The van der Waals surface area contributed by atoms with Gasteiger partial charge in [-0.3, -0.25) is 0 Å². The Morgan fingerprint density at radius 2 is 2.06 bits per heavy atom. The zero-order valence-electron chi connectivity index (χ0n) is 10.4. The second-order valence-electron chi connectivity index (χ2n) is 4.67. The molecule has 1 aliphatic heterocycles. The molecule has 0 aromatic carbocycles. The molecule has 0 bridgehead atoms. The number of rotatable bonds is 2. The highest BCUT2D eigenvalue weighted by atomic mass is 16.5. The van der Waals surface area contributed by atoms with Crippen LogP contribution in [0.5, 0.6) is 5.88 Å². The first kappa shape index (κ1) is 11.4. The quantitative estimate of drug-likeness (QED) is 0.764. The summed E-state index contributed by atoms with van der Waals surface area (Å²) in [6, 6.07) is 2.22. The SMILES string of the molecule is COc1ncc(C2CCN(C)CC2)cc1C. The van der Waals surface area contributed by atoms with E-state index in [0.717, 1.165) is 11.4 Å². The smallest absolute Gasteiger partial charge is 0.215 e. The number of pyridine rings is 1. The fourth-order valence-electron chi connectivity index (χ4n) is 2.36. The number of hydrogen-bond acceptors (Lipinski definition) is 3. The summed E-state index contributed by atoms with van der Waals surface area (Å²) in [7, 11) is 3.86. The largest absolute Gasteiger partial charge is 0.481 e. The van der Waals surface area contributed by atoms with Gasteiger partial charge in [0.25, 0.3) is 0 Å². The van der Waals surface area contributed by atoms with Crippen LogP contribution in [0.4, 0.5) is 0 Å². The second-order valence-corrected chi connectivity index (χ2v) is 4.67. The summed E-state index contributed by atoms with van der Waals surface area (Å²) in [5.41, 5.74) is 2.50. The van der Waals surface area contributed by atoms with Gasteiger partial charge in [-0.15, -0.1) is 0 Å². The first-order valence-electron chi connectivity index (χ1n) is 5.90. The van der Waals surface area contributed by atoms with E-state index in [9.17, 15) is 0 Å². The van der Waals surface area contributed by atoms with Gasteiger partial charge in [0.05, 0.1) is 7.11 Å². The predicted octanol–water partition coefficient (Wildman–Crippen LogP) is 2.21. The van der Waals surface area contributed by atoms with E-state index in [4.69, 9.17) is 4.74 Å². The summed E-state index contributed by atoms with van der Waals surface area (Å²) in [6.45, 7) is 4.44. The Balaban J connectivity index is 2.12. The third-order valence-corrected chi connectivity index (χ3v) is 3.43.